The Bertz CT molecular complexity index is 218. The molecule has 1 heterocycles. The average molecular weight is 179 g/mol. The maximum absolute atomic E-state index is 11.4. The Labute approximate surface area is 80.2 Å². The van der Waals surface area contributed by atoms with Gasteiger partial charge in [0.2, 0.25) is 7.98 Å². The summed E-state index contributed by atoms with van der Waals surface area (Å²) in [6, 6.07) is 0. The molecule has 1 unspecified atom stereocenters. The van der Waals surface area contributed by atoms with E-state index in [0.29, 0.717) is 12.3 Å². The molecule has 4 heteroatoms. The Hall–Kier alpha value is -0.925. The van der Waals surface area contributed by atoms with Gasteiger partial charge in [-0.2, -0.15) is 0 Å². The van der Waals surface area contributed by atoms with Gasteiger partial charge in [-0.15, -0.1) is 0 Å². The number of ether oxygens (including phenoxy) is 1. The highest BCUT2D eigenvalue weighted by atomic mass is 16.5. The fourth-order valence-electron chi connectivity index (χ4n) is 1.47. The van der Waals surface area contributed by atoms with E-state index >= 15 is 0 Å². The maximum atomic E-state index is 11.4. The van der Waals surface area contributed by atoms with Crippen LogP contribution in [0.2, 0.25) is 0 Å². The third-order valence-corrected chi connectivity index (χ3v) is 2.23. The van der Waals surface area contributed by atoms with Crippen LogP contribution in [-0.4, -0.2) is 31.9 Å². The Morgan fingerprint density at radius 3 is 3.15 bits per heavy atom. The minimum atomic E-state index is -0.237. The molecule has 0 aromatic heterocycles. The molecule has 0 aromatic carbocycles. The second-order valence-electron chi connectivity index (χ2n) is 3.13. The van der Waals surface area contributed by atoms with Crippen LogP contribution in [0.25, 0.3) is 0 Å². The maximum Gasteiger partial charge on any atom is 0.314 e. The van der Waals surface area contributed by atoms with Crippen molar-refractivity contribution >= 4 is 14.0 Å². The van der Waals surface area contributed by atoms with Crippen LogP contribution < -0.4 is 0 Å². The van der Waals surface area contributed by atoms with Gasteiger partial charge in [0, 0.05) is 12.2 Å². The van der Waals surface area contributed by atoms with Crippen LogP contribution in [0.15, 0.2) is 12.3 Å². The SMILES string of the molecule is [B]N1CCCC(C(=O)OCC)C1=C. The molecule has 1 saturated heterocycles. The van der Waals surface area contributed by atoms with Gasteiger partial charge >= 0.3 is 5.97 Å². The fraction of sp³-hybridized carbons (Fsp3) is 0.667. The zero-order valence-electron chi connectivity index (χ0n) is 7.95. The molecule has 0 aliphatic carbocycles. The second-order valence-corrected chi connectivity index (χ2v) is 3.13. The Kier molecular flexibility index (Phi) is 3.40. The Balaban J connectivity index is 2.57. The van der Waals surface area contributed by atoms with Crippen LogP contribution in [0.4, 0.5) is 0 Å². The van der Waals surface area contributed by atoms with Crippen molar-refractivity contribution in [2.75, 3.05) is 13.2 Å². The normalized spacial score (nSPS) is 23.0. The van der Waals surface area contributed by atoms with Crippen molar-refractivity contribution < 1.29 is 9.53 Å². The fourth-order valence-corrected chi connectivity index (χ4v) is 1.47. The number of nitrogens with zero attached hydrogens (tertiary/aromatic N) is 1. The largest absolute Gasteiger partial charge is 0.465 e. The molecular formula is C9H14BNO2. The highest BCUT2D eigenvalue weighted by Gasteiger charge is 2.27. The smallest absolute Gasteiger partial charge is 0.314 e. The number of carbonyl (C=O) groups excluding carboxylic acids is 1. The second kappa shape index (κ2) is 4.35. The molecule has 70 valence electrons. The van der Waals surface area contributed by atoms with E-state index in [9.17, 15) is 4.79 Å². The molecular weight excluding hydrogens is 165 g/mol. The summed E-state index contributed by atoms with van der Waals surface area (Å²) in [5.74, 6) is -0.443. The molecule has 0 saturated carbocycles. The monoisotopic (exact) mass is 179 g/mol. The summed E-state index contributed by atoms with van der Waals surface area (Å²) in [5, 5.41) is 0. The van der Waals surface area contributed by atoms with E-state index in [1.807, 2.05) is 0 Å². The summed E-state index contributed by atoms with van der Waals surface area (Å²) in [6.07, 6.45) is 1.71. The zero-order chi connectivity index (χ0) is 9.84. The van der Waals surface area contributed by atoms with Gasteiger partial charge in [-0.05, 0) is 19.8 Å². The van der Waals surface area contributed by atoms with E-state index in [1.165, 1.54) is 4.81 Å². The lowest BCUT2D eigenvalue weighted by atomic mass is 9.92. The van der Waals surface area contributed by atoms with Crippen LogP contribution in [0.3, 0.4) is 0 Å². The quantitative estimate of drug-likeness (QED) is 0.465. The molecule has 1 rings (SSSR count). The molecule has 13 heavy (non-hydrogen) atoms. The van der Waals surface area contributed by atoms with E-state index in [-0.39, 0.29) is 11.9 Å². The van der Waals surface area contributed by atoms with Crippen molar-refractivity contribution in [1.29, 1.82) is 0 Å². The lowest BCUT2D eigenvalue weighted by molar-refractivity contribution is -0.147. The minimum Gasteiger partial charge on any atom is -0.465 e. The highest BCUT2D eigenvalue weighted by Crippen LogP contribution is 2.24. The number of hydrogen-bond acceptors (Lipinski definition) is 3. The van der Waals surface area contributed by atoms with Crippen molar-refractivity contribution in [1.82, 2.24) is 4.81 Å². The lowest BCUT2D eigenvalue weighted by Crippen LogP contribution is -2.35. The number of rotatable bonds is 2. The first-order chi connectivity index (χ1) is 6.16. The van der Waals surface area contributed by atoms with Crippen LogP contribution in [-0.2, 0) is 9.53 Å². The van der Waals surface area contributed by atoms with Gasteiger partial charge in [0.15, 0.2) is 0 Å². The first kappa shape index (κ1) is 10.2. The van der Waals surface area contributed by atoms with Crippen molar-refractivity contribution in [3.8, 4) is 0 Å². The Morgan fingerprint density at radius 1 is 1.85 bits per heavy atom. The number of piperidine rings is 1. The summed E-state index contributed by atoms with van der Waals surface area (Å²) in [5.41, 5.74) is 0.671. The van der Waals surface area contributed by atoms with Crippen LogP contribution in [0, 0.1) is 5.92 Å². The molecule has 1 aliphatic rings. The molecule has 0 amide bonds. The first-order valence-corrected chi connectivity index (χ1v) is 4.54. The average Bonchev–Trinajstić information content (AvgIpc) is 2.10. The topological polar surface area (TPSA) is 29.5 Å². The van der Waals surface area contributed by atoms with Gasteiger partial charge in [-0.3, -0.25) is 4.79 Å². The number of carbonyl (C=O) groups is 1. The molecule has 0 N–H and O–H groups in total. The van der Waals surface area contributed by atoms with Crippen molar-refractivity contribution in [2.45, 2.75) is 19.8 Å². The molecule has 1 fully saturated rings. The highest BCUT2D eigenvalue weighted by molar-refractivity contribution is 6.06. The molecule has 0 spiro atoms. The van der Waals surface area contributed by atoms with Gasteiger partial charge in [0.05, 0.1) is 12.5 Å². The predicted octanol–water partition coefficient (Wildman–Crippen LogP) is 0.859. The first-order valence-electron chi connectivity index (χ1n) is 4.54. The number of esters is 1. The molecule has 0 aromatic rings. The van der Waals surface area contributed by atoms with Gasteiger partial charge in [0.1, 0.15) is 0 Å². The van der Waals surface area contributed by atoms with Crippen molar-refractivity contribution in [2.24, 2.45) is 5.92 Å². The molecule has 2 radical (unpaired) electrons. The third-order valence-electron chi connectivity index (χ3n) is 2.23. The van der Waals surface area contributed by atoms with E-state index in [4.69, 9.17) is 12.7 Å². The zero-order valence-corrected chi connectivity index (χ0v) is 7.95. The van der Waals surface area contributed by atoms with Crippen molar-refractivity contribution in [3.05, 3.63) is 12.3 Å². The van der Waals surface area contributed by atoms with Gasteiger partial charge in [-0.1, -0.05) is 6.58 Å². The predicted molar refractivity (Wildman–Crippen MR) is 51.0 cm³/mol. The van der Waals surface area contributed by atoms with Crippen LogP contribution >= 0.6 is 0 Å². The van der Waals surface area contributed by atoms with E-state index in [2.05, 4.69) is 6.58 Å². The summed E-state index contributed by atoms with van der Waals surface area (Å²) in [7, 11) is 5.63. The summed E-state index contributed by atoms with van der Waals surface area (Å²) in [4.78, 5) is 12.9. The number of hydrogen-bond donors (Lipinski definition) is 0. The molecule has 1 aliphatic heterocycles. The van der Waals surface area contributed by atoms with E-state index in [1.54, 1.807) is 6.92 Å². The van der Waals surface area contributed by atoms with E-state index < -0.39 is 0 Å². The van der Waals surface area contributed by atoms with Crippen LogP contribution in [0.5, 0.6) is 0 Å². The Morgan fingerprint density at radius 2 is 2.54 bits per heavy atom. The van der Waals surface area contributed by atoms with E-state index in [0.717, 1.165) is 19.4 Å². The summed E-state index contributed by atoms with van der Waals surface area (Å²) in [6.45, 7) is 6.76. The summed E-state index contributed by atoms with van der Waals surface area (Å²) < 4.78 is 4.92. The van der Waals surface area contributed by atoms with Crippen molar-refractivity contribution in [3.63, 3.8) is 0 Å². The van der Waals surface area contributed by atoms with Gasteiger partial charge in [0.25, 0.3) is 0 Å². The lowest BCUT2D eigenvalue weighted by Gasteiger charge is -2.32. The van der Waals surface area contributed by atoms with Gasteiger partial charge in [-0.25, -0.2) is 0 Å². The molecule has 1 atom stereocenters. The van der Waals surface area contributed by atoms with Crippen LogP contribution in [0.1, 0.15) is 19.8 Å². The molecule has 0 bridgehead atoms. The van der Waals surface area contributed by atoms with Gasteiger partial charge < -0.3 is 9.55 Å². The summed E-state index contributed by atoms with van der Waals surface area (Å²) >= 11 is 0. The molecule has 3 nitrogen and oxygen atoms in total. The standard InChI is InChI=1S/C9H14BNO2/c1-3-13-9(12)8-5-4-6-11(10)7(8)2/h8H,2-6H2,1H3. The third kappa shape index (κ3) is 2.26. The minimum absolute atomic E-state index is 0.206.